The van der Waals surface area contributed by atoms with Gasteiger partial charge < -0.3 is 9.64 Å². The van der Waals surface area contributed by atoms with Crippen molar-refractivity contribution in [1.29, 1.82) is 0 Å². The molecule has 0 aliphatic carbocycles. The number of pyridine rings is 1. The highest BCUT2D eigenvalue weighted by atomic mass is 16.5. The molecule has 1 fully saturated rings. The molecule has 0 radical (unpaired) electrons. The third kappa shape index (κ3) is 3.36. The second kappa shape index (κ2) is 6.94. The summed E-state index contributed by atoms with van der Waals surface area (Å²) in [5.41, 5.74) is 4.05. The lowest BCUT2D eigenvalue weighted by Crippen LogP contribution is -2.36. The molecule has 26 heavy (non-hydrogen) atoms. The van der Waals surface area contributed by atoms with E-state index in [1.165, 1.54) is 0 Å². The van der Waals surface area contributed by atoms with Crippen LogP contribution < -0.4 is 9.64 Å². The summed E-state index contributed by atoms with van der Waals surface area (Å²) >= 11 is 0. The first kappa shape index (κ1) is 16.8. The van der Waals surface area contributed by atoms with Crippen molar-refractivity contribution in [3.8, 4) is 5.88 Å². The molecule has 0 aromatic carbocycles. The Morgan fingerprint density at radius 1 is 1.12 bits per heavy atom. The van der Waals surface area contributed by atoms with Crippen LogP contribution in [0.5, 0.6) is 5.88 Å². The van der Waals surface area contributed by atoms with Gasteiger partial charge in [-0.05, 0) is 45.6 Å². The number of ether oxygens (including phenoxy) is 1. The van der Waals surface area contributed by atoms with Crippen LogP contribution in [0.2, 0.25) is 0 Å². The van der Waals surface area contributed by atoms with Gasteiger partial charge in [-0.25, -0.2) is 9.97 Å². The van der Waals surface area contributed by atoms with Gasteiger partial charge in [0.2, 0.25) is 5.88 Å². The number of nitrogens with zero attached hydrogens (tertiary/aromatic N) is 5. The van der Waals surface area contributed by atoms with Crippen LogP contribution in [0.3, 0.4) is 0 Å². The van der Waals surface area contributed by atoms with Gasteiger partial charge in [-0.1, -0.05) is 6.07 Å². The predicted octanol–water partition coefficient (Wildman–Crippen LogP) is 3.34. The molecule has 4 heterocycles. The van der Waals surface area contributed by atoms with Crippen molar-refractivity contribution in [2.24, 2.45) is 5.92 Å². The Bertz CT molecular complexity index is 912. The predicted molar refractivity (Wildman–Crippen MR) is 102 cm³/mol. The Hall–Kier alpha value is -2.63. The summed E-state index contributed by atoms with van der Waals surface area (Å²) in [7, 11) is 0. The maximum atomic E-state index is 5.95. The summed E-state index contributed by atoms with van der Waals surface area (Å²) in [6.45, 7) is 8.84. The smallest absolute Gasteiger partial charge is 0.216 e. The lowest BCUT2D eigenvalue weighted by molar-refractivity contribution is 0.214. The van der Waals surface area contributed by atoms with E-state index in [1.54, 1.807) is 6.20 Å². The molecule has 1 aliphatic rings. The zero-order chi connectivity index (χ0) is 18.1. The first-order chi connectivity index (χ1) is 12.6. The van der Waals surface area contributed by atoms with Gasteiger partial charge in [0.05, 0.1) is 12.3 Å². The van der Waals surface area contributed by atoms with E-state index in [4.69, 9.17) is 4.74 Å². The number of hydrogen-bond donors (Lipinski definition) is 0. The molecule has 136 valence electrons. The van der Waals surface area contributed by atoms with Crippen molar-refractivity contribution >= 4 is 11.5 Å². The van der Waals surface area contributed by atoms with Gasteiger partial charge in [-0.2, -0.15) is 9.61 Å². The number of rotatable bonds is 4. The van der Waals surface area contributed by atoms with Crippen molar-refractivity contribution in [3.63, 3.8) is 0 Å². The standard InChI is InChI=1S/C20H25N5O/c1-14-5-4-8-21-20(14)26-13-17-6-9-24(10-7-17)19-12-15(2)22-18-11-16(3)23-25(18)19/h4-5,8,11-12,17H,6-7,9-10,13H2,1-3H3. The number of hydrogen-bond acceptors (Lipinski definition) is 5. The van der Waals surface area contributed by atoms with Crippen LogP contribution in [-0.4, -0.2) is 39.3 Å². The molecule has 3 aromatic heterocycles. The number of anilines is 1. The van der Waals surface area contributed by atoms with Crippen molar-refractivity contribution < 1.29 is 4.74 Å². The largest absolute Gasteiger partial charge is 0.477 e. The Kier molecular flexibility index (Phi) is 4.49. The fourth-order valence-corrected chi connectivity index (χ4v) is 3.57. The number of aryl methyl sites for hydroxylation is 3. The fourth-order valence-electron chi connectivity index (χ4n) is 3.57. The van der Waals surface area contributed by atoms with Gasteiger partial charge in [0.25, 0.3) is 0 Å². The highest BCUT2D eigenvalue weighted by molar-refractivity contribution is 5.52. The van der Waals surface area contributed by atoms with Crippen molar-refractivity contribution in [1.82, 2.24) is 19.6 Å². The van der Waals surface area contributed by atoms with Gasteiger partial charge in [0.15, 0.2) is 5.65 Å². The normalized spacial score (nSPS) is 15.6. The first-order valence-corrected chi connectivity index (χ1v) is 9.23. The lowest BCUT2D eigenvalue weighted by atomic mass is 9.98. The molecule has 4 rings (SSSR count). The summed E-state index contributed by atoms with van der Waals surface area (Å²) in [6.07, 6.45) is 4.00. The molecule has 1 saturated heterocycles. The monoisotopic (exact) mass is 351 g/mol. The number of fused-ring (bicyclic) bond motifs is 1. The Morgan fingerprint density at radius 2 is 1.92 bits per heavy atom. The number of aromatic nitrogens is 4. The number of piperidine rings is 1. The van der Waals surface area contributed by atoms with Gasteiger partial charge in [-0.15, -0.1) is 0 Å². The Labute approximate surface area is 153 Å². The Morgan fingerprint density at radius 3 is 2.69 bits per heavy atom. The van der Waals surface area contributed by atoms with E-state index in [1.807, 2.05) is 43.5 Å². The van der Waals surface area contributed by atoms with Crippen LogP contribution in [0.25, 0.3) is 5.65 Å². The molecule has 0 saturated carbocycles. The molecule has 6 heteroatoms. The van der Waals surface area contributed by atoms with Gasteiger partial charge in [-0.3, -0.25) is 0 Å². The minimum Gasteiger partial charge on any atom is -0.477 e. The summed E-state index contributed by atoms with van der Waals surface area (Å²) in [6, 6.07) is 8.14. The fraction of sp³-hybridized carbons (Fsp3) is 0.450. The molecule has 0 atom stereocenters. The third-order valence-corrected chi connectivity index (χ3v) is 5.01. The van der Waals surface area contributed by atoms with E-state index in [9.17, 15) is 0 Å². The minimum absolute atomic E-state index is 0.561. The van der Waals surface area contributed by atoms with Crippen LogP contribution in [0.4, 0.5) is 5.82 Å². The van der Waals surface area contributed by atoms with Gasteiger partial charge in [0, 0.05) is 42.7 Å². The quantitative estimate of drug-likeness (QED) is 0.721. The molecule has 0 bridgehead atoms. The third-order valence-electron chi connectivity index (χ3n) is 5.01. The average Bonchev–Trinajstić information content (AvgIpc) is 3.01. The van der Waals surface area contributed by atoms with E-state index in [-0.39, 0.29) is 0 Å². The molecule has 6 nitrogen and oxygen atoms in total. The van der Waals surface area contributed by atoms with E-state index in [2.05, 4.69) is 26.0 Å². The van der Waals surface area contributed by atoms with Gasteiger partial charge >= 0.3 is 0 Å². The van der Waals surface area contributed by atoms with Crippen LogP contribution in [0, 0.1) is 26.7 Å². The minimum atomic E-state index is 0.561. The van der Waals surface area contributed by atoms with Crippen LogP contribution >= 0.6 is 0 Å². The summed E-state index contributed by atoms with van der Waals surface area (Å²) in [5, 5.41) is 4.61. The van der Waals surface area contributed by atoms with Crippen molar-refractivity contribution in [2.45, 2.75) is 33.6 Å². The summed E-state index contributed by atoms with van der Waals surface area (Å²) in [5.74, 6) is 2.46. The van der Waals surface area contributed by atoms with E-state index in [0.29, 0.717) is 5.92 Å². The summed E-state index contributed by atoms with van der Waals surface area (Å²) in [4.78, 5) is 11.3. The zero-order valence-corrected chi connectivity index (χ0v) is 15.6. The molecule has 3 aromatic rings. The SMILES string of the molecule is Cc1cc(N2CCC(COc3ncccc3C)CC2)n2nc(C)cc2n1. The molecule has 0 spiro atoms. The lowest BCUT2D eigenvalue weighted by Gasteiger charge is -2.33. The molecule has 0 unspecified atom stereocenters. The molecular weight excluding hydrogens is 326 g/mol. The van der Waals surface area contributed by atoms with E-state index < -0.39 is 0 Å². The Balaban J connectivity index is 1.42. The second-order valence-corrected chi connectivity index (χ2v) is 7.18. The van der Waals surface area contributed by atoms with Crippen molar-refractivity contribution in [3.05, 3.63) is 47.4 Å². The maximum absolute atomic E-state index is 5.95. The van der Waals surface area contributed by atoms with Crippen LogP contribution in [0.1, 0.15) is 29.8 Å². The highest BCUT2D eigenvalue weighted by Gasteiger charge is 2.22. The average molecular weight is 351 g/mol. The van der Waals surface area contributed by atoms with Gasteiger partial charge in [0.1, 0.15) is 5.82 Å². The van der Waals surface area contributed by atoms with Crippen LogP contribution in [0.15, 0.2) is 30.5 Å². The zero-order valence-electron chi connectivity index (χ0n) is 15.6. The highest BCUT2D eigenvalue weighted by Crippen LogP contribution is 2.25. The summed E-state index contributed by atoms with van der Waals surface area (Å²) < 4.78 is 7.92. The first-order valence-electron chi connectivity index (χ1n) is 9.23. The van der Waals surface area contributed by atoms with Crippen molar-refractivity contribution in [2.75, 3.05) is 24.6 Å². The maximum Gasteiger partial charge on any atom is 0.216 e. The van der Waals surface area contributed by atoms with E-state index >= 15 is 0 Å². The second-order valence-electron chi connectivity index (χ2n) is 7.18. The van der Waals surface area contributed by atoms with Crippen LogP contribution in [-0.2, 0) is 0 Å². The molecule has 0 amide bonds. The topological polar surface area (TPSA) is 55.5 Å². The molecule has 0 N–H and O–H groups in total. The molecular formula is C20H25N5O. The van der Waals surface area contributed by atoms with E-state index in [0.717, 1.165) is 66.8 Å². The molecule has 1 aliphatic heterocycles.